The van der Waals surface area contributed by atoms with Gasteiger partial charge in [-0.1, -0.05) is 152 Å². The van der Waals surface area contributed by atoms with E-state index in [0.717, 1.165) is 55.3 Å². The van der Waals surface area contributed by atoms with E-state index in [2.05, 4.69) is 205 Å². The molecule has 0 aliphatic heterocycles. The first-order valence-electron chi connectivity index (χ1n) is 19.2. The van der Waals surface area contributed by atoms with Crippen LogP contribution in [0.5, 0.6) is 0 Å². The highest BCUT2D eigenvalue weighted by molar-refractivity contribution is 6.16. The number of fused-ring (bicyclic) bond motifs is 8. The maximum absolute atomic E-state index is 6.34. The first-order chi connectivity index (χ1) is 27.8. The predicted octanol–water partition coefficient (Wildman–Crippen LogP) is 15.5. The summed E-state index contributed by atoms with van der Waals surface area (Å²) in [4.78, 5) is 2.38. The second kappa shape index (κ2) is 13.2. The van der Waals surface area contributed by atoms with Gasteiger partial charge in [0, 0.05) is 33.1 Å². The molecule has 0 N–H and O–H groups in total. The van der Waals surface area contributed by atoms with Gasteiger partial charge in [0.05, 0.1) is 5.69 Å². The molecule has 1 heterocycles. The Balaban J connectivity index is 1.01. The maximum atomic E-state index is 6.34. The van der Waals surface area contributed by atoms with E-state index in [9.17, 15) is 0 Å². The molecule has 0 saturated carbocycles. The average molecular weight is 714 g/mol. The summed E-state index contributed by atoms with van der Waals surface area (Å²) < 4.78 is 6.34. The lowest BCUT2D eigenvalue weighted by atomic mass is 9.93. The van der Waals surface area contributed by atoms with Crippen LogP contribution >= 0.6 is 0 Å². The van der Waals surface area contributed by atoms with Crippen LogP contribution in [0.3, 0.4) is 0 Å². The van der Waals surface area contributed by atoms with E-state index in [1.165, 1.54) is 49.4 Å². The molecule has 0 saturated heterocycles. The van der Waals surface area contributed by atoms with Crippen LogP contribution in [0.2, 0.25) is 0 Å². The molecule has 0 fully saturated rings. The summed E-state index contributed by atoms with van der Waals surface area (Å²) in [6, 6.07) is 76.5. The molecule has 0 unspecified atom stereocenters. The van der Waals surface area contributed by atoms with Gasteiger partial charge in [-0.15, -0.1) is 0 Å². The van der Waals surface area contributed by atoms with Crippen LogP contribution in [-0.4, -0.2) is 0 Å². The van der Waals surface area contributed by atoms with Gasteiger partial charge in [-0.2, -0.15) is 0 Å². The van der Waals surface area contributed by atoms with Crippen molar-refractivity contribution in [3.05, 3.63) is 212 Å². The first kappa shape index (κ1) is 32.0. The summed E-state index contributed by atoms with van der Waals surface area (Å²) in [5.41, 5.74) is 12.3. The summed E-state index contributed by atoms with van der Waals surface area (Å²) >= 11 is 0. The van der Waals surface area contributed by atoms with Gasteiger partial charge in [-0.05, 0) is 115 Å². The van der Waals surface area contributed by atoms with Crippen molar-refractivity contribution in [1.29, 1.82) is 0 Å². The fourth-order valence-corrected chi connectivity index (χ4v) is 8.53. The number of hydrogen-bond acceptors (Lipinski definition) is 2. The van der Waals surface area contributed by atoms with Gasteiger partial charge in [-0.3, -0.25) is 0 Å². The highest BCUT2D eigenvalue weighted by Crippen LogP contribution is 2.43. The Morgan fingerprint density at radius 3 is 1.68 bits per heavy atom. The summed E-state index contributed by atoms with van der Waals surface area (Å²) in [5.74, 6) is 0. The molecule has 56 heavy (non-hydrogen) atoms. The molecule has 11 rings (SSSR count). The van der Waals surface area contributed by atoms with Crippen LogP contribution < -0.4 is 4.90 Å². The standard InChI is InChI=1S/C54H35NO/c1-2-12-37(13-3-1)45-16-8-10-20-52(45)55(43-30-24-38(25-31-43)51-35-40-14-4-5-15-44(40)47-17-6-7-18-48(47)51)42-28-22-36(23-29-42)39-26-32-46-41(34-39)27-33-50-49-19-9-11-21-53(49)56-54(46)50/h1-35H. The topological polar surface area (TPSA) is 16.4 Å². The van der Waals surface area contributed by atoms with Crippen LogP contribution in [0.4, 0.5) is 17.1 Å². The zero-order valence-electron chi connectivity index (χ0n) is 30.6. The van der Waals surface area contributed by atoms with Gasteiger partial charge < -0.3 is 9.32 Å². The molecule has 0 radical (unpaired) electrons. The summed E-state index contributed by atoms with van der Waals surface area (Å²) in [6.45, 7) is 0. The van der Waals surface area contributed by atoms with Gasteiger partial charge in [-0.25, -0.2) is 0 Å². The van der Waals surface area contributed by atoms with Crippen molar-refractivity contribution in [1.82, 2.24) is 0 Å². The van der Waals surface area contributed by atoms with E-state index in [0.29, 0.717) is 0 Å². The molecule has 11 aromatic rings. The highest BCUT2D eigenvalue weighted by Gasteiger charge is 2.18. The Kier molecular flexibility index (Phi) is 7.53. The molecule has 0 aliphatic rings. The van der Waals surface area contributed by atoms with Gasteiger partial charge in [0.25, 0.3) is 0 Å². The zero-order valence-corrected chi connectivity index (χ0v) is 30.6. The highest BCUT2D eigenvalue weighted by atomic mass is 16.3. The van der Waals surface area contributed by atoms with Crippen LogP contribution in [-0.2, 0) is 0 Å². The Morgan fingerprint density at radius 2 is 0.875 bits per heavy atom. The quantitative estimate of drug-likeness (QED) is 0.160. The Labute approximate surface area is 325 Å². The van der Waals surface area contributed by atoms with Crippen molar-refractivity contribution in [2.45, 2.75) is 0 Å². The van der Waals surface area contributed by atoms with E-state index in [1.807, 2.05) is 12.1 Å². The molecular weight excluding hydrogens is 679 g/mol. The van der Waals surface area contributed by atoms with Crippen molar-refractivity contribution >= 4 is 71.3 Å². The van der Waals surface area contributed by atoms with E-state index >= 15 is 0 Å². The first-order valence-corrected chi connectivity index (χ1v) is 19.2. The minimum absolute atomic E-state index is 0.921. The van der Waals surface area contributed by atoms with Crippen molar-refractivity contribution in [3.63, 3.8) is 0 Å². The maximum Gasteiger partial charge on any atom is 0.143 e. The summed E-state index contributed by atoms with van der Waals surface area (Å²) in [6.07, 6.45) is 0. The molecule has 2 heteroatoms. The number of rotatable bonds is 6. The van der Waals surface area contributed by atoms with Gasteiger partial charge in [0.1, 0.15) is 11.2 Å². The number of anilines is 3. The van der Waals surface area contributed by atoms with Crippen LogP contribution in [0.25, 0.3) is 87.6 Å². The van der Waals surface area contributed by atoms with E-state index in [-0.39, 0.29) is 0 Å². The fourth-order valence-electron chi connectivity index (χ4n) is 8.53. The molecule has 1 aromatic heterocycles. The number of para-hydroxylation sites is 2. The van der Waals surface area contributed by atoms with Gasteiger partial charge in [0.15, 0.2) is 0 Å². The van der Waals surface area contributed by atoms with Crippen molar-refractivity contribution in [3.8, 4) is 33.4 Å². The van der Waals surface area contributed by atoms with Gasteiger partial charge >= 0.3 is 0 Å². The SMILES string of the molecule is c1ccc(-c2ccccc2N(c2ccc(-c3ccc4c(ccc5c6ccccc6oc45)c3)cc2)c2ccc(-c3cc4ccccc4c4ccccc34)cc2)cc1. The summed E-state index contributed by atoms with van der Waals surface area (Å²) in [7, 11) is 0. The Bertz CT molecular complexity index is 3230. The van der Waals surface area contributed by atoms with E-state index < -0.39 is 0 Å². The third kappa shape index (κ3) is 5.34. The molecule has 0 amide bonds. The van der Waals surface area contributed by atoms with Crippen LogP contribution in [0.1, 0.15) is 0 Å². The lowest BCUT2D eigenvalue weighted by Gasteiger charge is -2.28. The largest absolute Gasteiger partial charge is 0.455 e. The van der Waals surface area contributed by atoms with Crippen molar-refractivity contribution < 1.29 is 4.42 Å². The molecule has 262 valence electrons. The molecule has 0 spiro atoms. The van der Waals surface area contributed by atoms with Crippen molar-refractivity contribution in [2.75, 3.05) is 4.90 Å². The minimum Gasteiger partial charge on any atom is -0.455 e. The third-order valence-electron chi connectivity index (χ3n) is 11.3. The fraction of sp³-hybridized carbons (Fsp3) is 0. The molecule has 0 bridgehead atoms. The molecule has 0 aliphatic carbocycles. The van der Waals surface area contributed by atoms with Gasteiger partial charge in [0.2, 0.25) is 0 Å². The van der Waals surface area contributed by atoms with Crippen LogP contribution in [0, 0.1) is 0 Å². The summed E-state index contributed by atoms with van der Waals surface area (Å²) in [5, 5.41) is 9.66. The Morgan fingerprint density at radius 1 is 0.304 bits per heavy atom. The Hall–Kier alpha value is -7.42. The monoisotopic (exact) mass is 713 g/mol. The number of benzene rings is 10. The smallest absolute Gasteiger partial charge is 0.143 e. The lowest BCUT2D eigenvalue weighted by Crippen LogP contribution is -2.11. The third-order valence-corrected chi connectivity index (χ3v) is 11.3. The predicted molar refractivity (Wildman–Crippen MR) is 237 cm³/mol. The molecular formula is C54H35NO. The molecule has 10 aromatic carbocycles. The second-order valence-corrected chi connectivity index (χ2v) is 14.5. The number of nitrogens with zero attached hydrogens (tertiary/aromatic N) is 1. The molecule has 2 nitrogen and oxygen atoms in total. The number of furan rings is 1. The zero-order chi connectivity index (χ0) is 37.0. The lowest BCUT2D eigenvalue weighted by molar-refractivity contribution is 0.672. The van der Waals surface area contributed by atoms with Crippen LogP contribution in [0.15, 0.2) is 217 Å². The van der Waals surface area contributed by atoms with Crippen molar-refractivity contribution in [2.24, 2.45) is 0 Å². The normalized spacial score (nSPS) is 11.6. The molecule has 0 atom stereocenters. The average Bonchev–Trinajstić information content (AvgIpc) is 3.66. The van der Waals surface area contributed by atoms with E-state index in [1.54, 1.807) is 0 Å². The number of hydrogen-bond donors (Lipinski definition) is 0. The van der Waals surface area contributed by atoms with E-state index in [4.69, 9.17) is 4.42 Å². The second-order valence-electron chi connectivity index (χ2n) is 14.5. The minimum atomic E-state index is 0.921.